The average Bonchev–Trinajstić information content (AvgIpc) is 3.91. The van der Waals surface area contributed by atoms with Crippen LogP contribution in [0.3, 0.4) is 0 Å². The topological polar surface area (TPSA) is 16.4 Å². The molecule has 12 rings (SSSR count). The van der Waals surface area contributed by atoms with Crippen LogP contribution in [0.25, 0.3) is 66.4 Å². The minimum atomic E-state index is -0.428. The van der Waals surface area contributed by atoms with Crippen LogP contribution in [0.2, 0.25) is 0 Å². The zero-order valence-electron chi connectivity index (χ0n) is 31.1. The maximum atomic E-state index is 6.21. The van der Waals surface area contributed by atoms with Crippen molar-refractivity contribution in [3.8, 4) is 44.5 Å². The minimum absolute atomic E-state index is 0.428. The Labute approximate surface area is 331 Å². The minimum Gasteiger partial charge on any atom is -0.456 e. The van der Waals surface area contributed by atoms with Crippen LogP contribution in [0.5, 0.6) is 0 Å². The quantitative estimate of drug-likeness (QED) is 0.176. The number of rotatable bonds is 5. The van der Waals surface area contributed by atoms with Crippen LogP contribution in [0.1, 0.15) is 22.3 Å². The molecule has 1 spiro atoms. The molecule has 2 aliphatic rings. The molecule has 0 fully saturated rings. The van der Waals surface area contributed by atoms with Crippen LogP contribution < -0.4 is 4.90 Å². The van der Waals surface area contributed by atoms with Gasteiger partial charge in [0.05, 0.1) is 11.1 Å². The van der Waals surface area contributed by atoms with E-state index in [0.717, 1.165) is 50.1 Å². The number of fused-ring (bicyclic) bond motifs is 13. The van der Waals surface area contributed by atoms with Gasteiger partial charge < -0.3 is 9.32 Å². The summed E-state index contributed by atoms with van der Waals surface area (Å²) in [6.45, 7) is 0. The van der Waals surface area contributed by atoms with E-state index >= 15 is 0 Å². The van der Waals surface area contributed by atoms with Gasteiger partial charge in [-0.05, 0) is 110 Å². The summed E-state index contributed by atoms with van der Waals surface area (Å²) in [5.41, 5.74) is 19.9. The van der Waals surface area contributed by atoms with Crippen LogP contribution in [-0.2, 0) is 5.41 Å². The van der Waals surface area contributed by atoms with Crippen molar-refractivity contribution in [3.63, 3.8) is 0 Å². The summed E-state index contributed by atoms with van der Waals surface area (Å²) in [6, 6.07) is 77.6. The van der Waals surface area contributed by atoms with Crippen LogP contribution in [0.15, 0.2) is 217 Å². The van der Waals surface area contributed by atoms with Gasteiger partial charge in [-0.1, -0.05) is 164 Å². The maximum absolute atomic E-state index is 6.21. The van der Waals surface area contributed by atoms with E-state index < -0.39 is 5.41 Å². The molecule has 0 saturated heterocycles. The smallest absolute Gasteiger partial charge is 0.135 e. The number of furan rings is 1. The molecule has 0 unspecified atom stereocenters. The van der Waals surface area contributed by atoms with Crippen molar-refractivity contribution in [1.82, 2.24) is 0 Å². The Morgan fingerprint density at radius 3 is 1.65 bits per heavy atom. The number of nitrogens with zero attached hydrogens (tertiary/aromatic N) is 1. The van der Waals surface area contributed by atoms with Gasteiger partial charge in [-0.25, -0.2) is 0 Å². The Balaban J connectivity index is 1.10. The van der Waals surface area contributed by atoms with Gasteiger partial charge in [-0.2, -0.15) is 0 Å². The summed E-state index contributed by atoms with van der Waals surface area (Å²) in [5, 5.41) is 2.26. The molecule has 1 heterocycles. The van der Waals surface area contributed by atoms with E-state index in [1.54, 1.807) is 0 Å². The second-order valence-electron chi connectivity index (χ2n) is 15.2. The Bertz CT molecular complexity index is 3140. The van der Waals surface area contributed by atoms with Gasteiger partial charge in [0.25, 0.3) is 0 Å². The molecular weight excluding hydrogens is 691 g/mol. The molecule has 0 N–H and O–H groups in total. The van der Waals surface area contributed by atoms with Gasteiger partial charge in [0.1, 0.15) is 11.2 Å². The highest BCUT2D eigenvalue weighted by Gasteiger charge is 2.52. The molecule has 0 aliphatic heterocycles. The number of anilines is 3. The third-order valence-electron chi connectivity index (χ3n) is 12.3. The molecule has 9 aromatic carbocycles. The average molecular weight is 726 g/mol. The van der Waals surface area contributed by atoms with E-state index in [1.165, 1.54) is 55.6 Å². The predicted octanol–water partition coefficient (Wildman–Crippen LogP) is 14.7. The molecule has 57 heavy (non-hydrogen) atoms. The molecule has 0 amide bonds. The fourth-order valence-corrected chi connectivity index (χ4v) is 9.90. The van der Waals surface area contributed by atoms with Gasteiger partial charge in [-0.15, -0.1) is 0 Å². The van der Waals surface area contributed by atoms with Crippen LogP contribution in [0, 0.1) is 0 Å². The summed E-state index contributed by atoms with van der Waals surface area (Å²) in [4.78, 5) is 2.46. The molecule has 0 radical (unpaired) electrons. The first-order valence-electron chi connectivity index (χ1n) is 19.7. The lowest BCUT2D eigenvalue weighted by molar-refractivity contribution is 0.669. The molecular formula is C55H35NO. The largest absolute Gasteiger partial charge is 0.456 e. The molecule has 266 valence electrons. The lowest BCUT2D eigenvalue weighted by atomic mass is 9.70. The SMILES string of the molecule is c1ccc(-c2ccc(N(c3cccc(-c4ccc5oc6ccccc6c5c4)c3)c3cccc4c3-c3ccccc3C43c4ccccc4-c4ccccc43)cc2)cc1. The van der Waals surface area contributed by atoms with Crippen molar-refractivity contribution >= 4 is 39.0 Å². The van der Waals surface area contributed by atoms with Gasteiger partial charge in [0, 0.05) is 27.7 Å². The first-order valence-corrected chi connectivity index (χ1v) is 19.7. The van der Waals surface area contributed by atoms with E-state index in [1.807, 2.05) is 12.1 Å². The Morgan fingerprint density at radius 1 is 0.333 bits per heavy atom. The van der Waals surface area contributed by atoms with Gasteiger partial charge >= 0.3 is 0 Å². The van der Waals surface area contributed by atoms with Crippen LogP contribution >= 0.6 is 0 Å². The van der Waals surface area contributed by atoms with E-state index in [0.29, 0.717) is 0 Å². The Morgan fingerprint density at radius 2 is 0.877 bits per heavy atom. The van der Waals surface area contributed by atoms with Crippen LogP contribution in [-0.4, -0.2) is 0 Å². The fourth-order valence-electron chi connectivity index (χ4n) is 9.90. The molecule has 2 heteroatoms. The van der Waals surface area contributed by atoms with Gasteiger partial charge in [-0.3, -0.25) is 0 Å². The molecule has 1 aromatic heterocycles. The van der Waals surface area contributed by atoms with Crippen LogP contribution in [0.4, 0.5) is 17.1 Å². The zero-order valence-corrected chi connectivity index (χ0v) is 31.1. The highest BCUT2D eigenvalue weighted by molar-refractivity contribution is 6.06. The van der Waals surface area contributed by atoms with Gasteiger partial charge in [0.2, 0.25) is 0 Å². The van der Waals surface area contributed by atoms with Crippen molar-refractivity contribution < 1.29 is 4.42 Å². The second-order valence-corrected chi connectivity index (χ2v) is 15.2. The summed E-state index contributed by atoms with van der Waals surface area (Å²) in [6.07, 6.45) is 0. The highest BCUT2D eigenvalue weighted by Crippen LogP contribution is 2.64. The maximum Gasteiger partial charge on any atom is 0.135 e. The van der Waals surface area contributed by atoms with Crippen molar-refractivity contribution in [1.29, 1.82) is 0 Å². The lowest BCUT2D eigenvalue weighted by Crippen LogP contribution is -2.26. The van der Waals surface area contributed by atoms with Crippen molar-refractivity contribution in [2.45, 2.75) is 5.41 Å². The first-order chi connectivity index (χ1) is 28.3. The molecule has 0 saturated carbocycles. The molecule has 0 bridgehead atoms. The first kappa shape index (κ1) is 31.9. The van der Waals surface area contributed by atoms with E-state index in [4.69, 9.17) is 4.42 Å². The zero-order chi connectivity index (χ0) is 37.5. The van der Waals surface area contributed by atoms with Gasteiger partial charge in [0.15, 0.2) is 0 Å². The standard InChI is InChI=1S/C55H35NO/c1-2-14-36(15-3-1)37-28-31-40(32-29-37)56(41-17-12-16-38(34-41)39-30-33-53-46(35-39)44-20-7-11-27-52(44)57-53)51-26-13-25-50-54(51)45-21-6-10-24-49(45)55(50)47-22-8-4-18-42(47)43-19-5-9-23-48(43)55/h1-35H. The Hall–Kier alpha value is -7.42. The van der Waals surface area contributed by atoms with Crippen molar-refractivity contribution in [2.24, 2.45) is 0 Å². The summed E-state index contributed by atoms with van der Waals surface area (Å²) in [7, 11) is 0. The third kappa shape index (κ3) is 4.59. The predicted molar refractivity (Wildman–Crippen MR) is 236 cm³/mol. The Kier molecular flexibility index (Phi) is 6.88. The highest BCUT2D eigenvalue weighted by atomic mass is 16.3. The third-order valence-corrected chi connectivity index (χ3v) is 12.3. The molecule has 10 aromatic rings. The fraction of sp³-hybridized carbons (Fsp3) is 0.0182. The molecule has 2 nitrogen and oxygen atoms in total. The lowest BCUT2D eigenvalue weighted by Gasteiger charge is -2.32. The monoisotopic (exact) mass is 725 g/mol. The van der Waals surface area contributed by atoms with E-state index in [9.17, 15) is 0 Å². The number of hydrogen-bond acceptors (Lipinski definition) is 2. The molecule has 0 atom stereocenters. The normalized spacial score (nSPS) is 13.1. The molecule has 2 aliphatic carbocycles. The summed E-state index contributed by atoms with van der Waals surface area (Å²) in [5.74, 6) is 0. The van der Waals surface area contributed by atoms with Crippen molar-refractivity contribution in [2.75, 3.05) is 4.90 Å². The number of hydrogen-bond donors (Lipinski definition) is 0. The summed E-state index contributed by atoms with van der Waals surface area (Å²) >= 11 is 0. The van der Waals surface area contributed by atoms with E-state index in [-0.39, 0.29) is 0 Å². The van der Waals surface area contributed by atoms with E-state index in [2.05, 4.69) is 205 Å². The number of benzene rings is 9. The summed E-state index contributed by atoms with van der Waals surface area (Å²) < 4.78 is 6.21. The second kappa shape index (κ2) is 12.3. The number of para-hydroxylation sites is 1. The van der Waals surface area contributed by atoms with Crippen molar-refractivity contribution in [3.05, 3.63) is 235 Å².